The molecule has 0 aromatic rings. The highest BCUT2D eigenvalue weighted by Gasteiger charge is 2.24. The molecule has 0 heterocycles. The van der Waals surface area contributed by atoms with Gasteiger partial charge in [0.05, 0.1) is 0 Å². The lowest BCUT2D eigenvalue weighted by atomic mass is 9.89. The molecule has 0 aliphatic rings. The molecule has 0 aliphatic heterocycles. The monoisotopic (exact) mass is 344 g/mol. The molecule has 2 atom stereocenters. The molecule has 0 radical (unpaired) electrons. The van der Waals surface area contributed by atoms with Gasteiger partial charge in [-0.05, 0) is 36.5 Å². The first-order valence-corrected chi connectivity index (χ1v) is 9.86. The van der Waals surface area contributed by atoms with Crippen molar-refractivity contribution in [1.82, 2.24) is 0 Å². The summed E-state index contributed by atoms with van der Waals surface area (Å²) in [5.41, 5.74) is 0. The maximum Gasteiger partial charge on any atom is 0.477 e. The van der Waals surface area contributed by atoms with E-state index < -0.39 is 0 Å². The summed E-state index contributed by atoms with van der Waals surface area (Å²) < 4.78 is 0. The third-order valence-corrected chi connectivity index (χ3v) is 4.90. The Balaban J connectivity index is 4.20. The Hall–Kier alpha value is -0.800. The summed E-state index contributed by atoms with van der Waals surface area (Å²) in [6, 6.07) is 0. The van der Waals surface area contributed by atoms with E-state index in [9.17, 15) is 4.91 Å². The van der Waals surface area contributed by atoms with Gasteiger partial charge in [0, 0.05) is 11.8 Å². The lowest BCUT2D eigenvalue weighted by molar-refractivity contribution is -0.983. The van der Waals surface area contributed by atoms with Gasteiger partial charge in [0.1, 0.15) is 4.91 Å². The molecule has 0 aromatic heterocycles. The molecule has 0 saturated heterocycles. The SMILES string of the molecule is CC(C)CCC(CO[N+](=O)OCC(CCC(C)C)C(C)C)C(C)C. The largest absolute Gasteiger partial charge is 0.477 e. The molecule has 0 aliphatic carbocycles. The highest BCUT2D eigenvalue weighted by molar-refractivity contribution is 4.64. The minimum absolute atomic E-state index is 0.343. The molecule has 0 bridgehead atoms. The molecule has 0 saturated carbocycles. The Kier molecular flexibility index (Phi) is 12.1. The van der Waals surface area contributed by atoms with E-state index in [0.717, 1.165) is 25.7 Å². The Bertz CT molecular complexity index is 297. The summed E-state index contributed by atoms with van der Waals surface area (Å²) in [5, 5.41) is 0.343. The summed E-state index contributed by atoms with van der Waals surface area (Å²) in [6.07, 6.45) is 4.51. The molecule has 144 valence electrons. The summed E-state index contributed by atoms with van der Waals surface area (Å²) in [6.45, 7) is 18.5. The first-order valence-electron chi connectivity index (χ1n) is 9.86. The van der Waals surface area contributed by atoms with Gasteiger partial charge in [-0.15, -0.1) is 0 Å². The van der Waals surface area contributed by atoms with Gasteiger partial charge in [0.2, 0.25) is 0 Å². The minimum Gasteiger partial charge on any atom is -0.186 e. The zero-order valence-corrected chi connectivity index (χ0v) is 17.4. The van der Waals surface area contributed by atoms with Crippen LogP contribution in [0.25, 0.3) is 0 Å². The van der Waals surface area contributed by atoms with E-state index in [-0.39, 0.29) is 0 Å². The van der Waals surface area contributed by atoms with Crippen LogP contribution < -0.4 is 0 Å². The third kappa shape index (κ3) is 11.7. The van der Waals surface area contributed by atoms with Crippen LogP contribution in [-0.2, 0) is 9.68 Å². The van der Waals surface area contributed by atoms with Gasteiger partial charge in [-0.3, -0.25) is 0 Å². The van der Waals surface area contributed by atoms with Crippen molar-refractivity contribution in [3.8, 4) is 0 Å². The van der Waals surface area contributed by atoms with Gasteiger partial charge in [-0.1, -0.05) is 68.2 Å². The molecule has 0 aromatic carbocycles. The van der Waals surface area contributed by atoms with Crippen molar-refractivity contribution in [2.24, 2.45) is 35.5 Å². The second-order valence-corrected chi connectivity index (χ2v) is 8.77. The van der Waals surface area contributed by atoms with Gasteiger partial charge in [0.15, 0.2) is 13.2 Å². The summed E-state index contributed by atoms with van der Waals surface area (Å²) >= 11 is 0. The second kappa shape index (κ2) is 12.5. The van der Waals surface area contributed by atoms with Gasteiger partial charge in [0.25, 0.3) is 0 Å². The number of hydrogen-bond acceptors (Lipinski definition) is 3. The molecule has 0 rings (SSSR count). The third-order valence-electron chi connectivity index (χ3n) is 4.90. The van der Waals surface area contributed by atoms with Gasteiger partial charge < -0.3 is 0 Å². The summed E-state index contributed by atoms with van der Waals surface area (Å²) in [7, 11) is 0. The van der Waals surface area contributed by atoms with E-state index >= 15 is 0 Å². The lowest BCUT2D eigenvalue weighted by Crippen LogP contribution is -2.24. The molecule has 0 N–H and O–H groups in total. The average molecular weight is 345 g/mol. The number of hydrogen-bond donors (Lipinski definition) is 0. The topological polar surface area (TPSA) is 38.5 Å². The van der Waals surface area contributed by atoms with Gasteiger partial charge in [-0.2, -0.15) is 9.68 Å². The molecule has 24 heavy (non-hydrogen) atoms. The molecule has 4 nitrogen and oxygen atoms in total. The van der Waals surface area contributed by atoms with Crippen LogP contribution in [0.5, 0.6) is 0 Å². The van der Waals surface area contributed by atoms with Crippen LogP contribution in [0.2, 0.25) is 0 Å². The van der Waals surface area contributed by atoms with Crippen LogP contribution in [0.1, 0.15) is 81.1 Å². The van der Waals surface area contributed by atoms with Crippen LogP contribution >= 0.6 is 0 Å². The van der Waals surface area contributed by atoms with Crippen LogP contribution in [-0.4, -0.2) is 18.3 Å². The van der Waals surface area contributed by atoms with Crippen LogP contribution in [0, 0.1) is 40.4 Å². The van der Waals surface area contributed by atoms with Crippen LogP contribution in [0.4, 0.5) is 0 Å². The molecular weight excluding hydrogens is 302 g/mol. The lowest BCUT2D eigenvalue weighted by Gasteiger charge is -2.19. The van der Waals surface area contributed by atoms with E-state index in [1.807, 2.05) is 0 Å². The summed E-state index contributed by atoms with van der Waals surface area (Å²) in [4.78, 5) is 22.5. The zero-order chi connectivity index (χ0) is 18.7. The Morgan fingerprint density at radius 1 is 0.625 bits per heavy atom. The predicted molar refractivity (Wildman–Crippen MR) is 100 cm³/mol. The van der Waals surface area contributed by atoms with E-state index in [1.54, 1.807) is 0 Å². The number of nitrogens with zero attached hydrogens (tertiary/aromatic N) is 1. The maximum atomic E-state index is 11.8. The molecule has 0 spiro atoms. The van der Waals surface area contributed by atoms with E-state index in [4.69, 9.17) is 9.68 Å². The fraction of sp³-hybridized carbons (Fsp3) is 1.00. The number of rotatable bonds is 14. The molecule has 0 amide bonds. The van der Waals surface area contributed by atoms with Crippen molar-refractivity contribution in [3.63, 3.8) is 0 Å². The predicted octanol–water partition coefficient (Wildman–Crippen LogP) is 6.05. The van der Waals surface area contributed by atoms with Gasteiger partial charge in [-0.25, -0.2) is 0 Å². The Labute approximate surface area is 150 Å². The minimum atomic E-state index is 0.343. The molecule has 2 unspecified atom stereocenters. The van der Waals surface area contributed by atoms with Crippen molar-refractivity contribution in [2.45, 2.75) is 81.1 Å². The van der Waals surface area contributed by atoms with Crippen molar-refractivity contribution >= 4 is 0 Å². The molecule has 4 heteroatoms. The quantitative estimate of drug-likeness (QED) is 0.360. The van der Waals surface area contributed by atoms with Crippen LogP contribution in [0.15, 0.2) is 0 Å². The zero-order valence-electron chi connectivity index (χ0n) is 17.4. The van der Waals surface area contributed by atoms with E-state index in [2.05, 4.69) is 55.4 Å². The van der Waals surface area contributed by atoms with Crippen molar-refractivity contribution in [1.29, 1.82) is 0 Å². The average Bonchev–Trinajstić information content (AvgIpc) is 2.45. The fourth-order valence-electron chi connectivity index (χ4n) is 2.66. The first kappa shape index (κ1) is 23.2. The van der Waals surface area contributed by atoms with Crippen molar-refractivity contribution < 1.29 is 14.8 Å². The summed E-state index contributed by atoms with van der Waals surface area (Å²) in [5.74, 6) is 3.17. The molecular formula is C20H42NO3+. The highest BCUT2D eigenvalue weighted by Crippen LogP contribution is 2.22. The van der Waals surface area contributed by atoms with E-state index in [0.29, 0.717) is 53.8 Å². The van der Waals surface area contributed by atoms with Crippen molar-refractivity contribution in [3.05, 3.63) is 4.91 Å². The molecule has 0 fully saturated rings. The normalized spacial score (nSPS) is 14.5. The highest BCUT2D eigenvalue weighted by atomic mass is 17.0. The second-order valence-electron chi connectivity index (χ2n) is 8.77. The van der Waals surface area contributed by atoms with Crippen LogP contribution in [0.3, 0.4) is 0 Å². The maximum absolute atomic E-state index is 11.8. The van der Waals surface area contributed by atoms with E-state index in [1.165, 1.54) is 0 Å². The fourth-order valence-corrected chi connectivity index (χ4v) is 2.66. The Morgan fingerprint density at radius 2 is 0.958 bits per heavy atom. The first-order chi connectivity index (χ1) is 11.1. The van der Waals surface area contributed by atoms with Gasteiger partial charge >= 0.3 is 5.09 Å². The Morgan fingerprint density at radius 3 is 1.21 bits per heavy atom. The smallest absolute Gasteiger partial charge is 0.186 e. The standard InChI is InChI=1S/C20H42NO3/c1-15(2)9-11-19(17(5)6)13-23-21(22)24-14-20(18(7)8)12-10-16(3)4/h15-20H,9-14H2,1-8H3/q+1. The van der Waals surface area contributed by atoms with Crippen molar-refractivity contribution in [2.75, 3.05) is 13.2 Å².